The minimum atomic E-state index is -1.04. The van der Waals surface area contributed by atoms with Crippen molar-refractivity contribution in [3.05, 3.63) is 0 Å². The van der Waals surface area contributed by atoms with Crippen molar-refractivity contribution in [3.63, 3.8) is 0 Å². The maximum atomic E-state index is 9.98. The Bertz CT molecular complexity index is 95.0. The summed E-state index contributed by atoms with van der Waals surface area (Å²) in [7, 11) is 0. The zero-order chi connectivity index (χ0) is 6.73. The molecule has 0 aromatic heterocycles. The van der Waals surface area contributed by atoms with E-state index in [0.717, 1.165) is 0 Å². The fourth-order valence-corrected chi connectivity index (χ4v) is 0.272. The monoisotopic (exact) mass is 202 g/mol. The molecule has 48 valence electrons. The number of carboxylic acids is 1. The normalized spacial score (nSPS) is 12.4. The molecule has 0 aromatic carbocycles. The molecule has 9 heavy (non-hydrogen) atoms. The van der Waals surface area contributed by atoms with E-state index in [1.807, 2.05) is 13.8 Å². The first kappa shape index (κ1) is 12.6. The van der Waals surface area contributed by atoms with E-state index in [1.165, 1.54) is 0 Å². The SMILES string of the molecule is CC(C)[C@H](Br)C(=O)[O-].[Na+]. The quantitative estimate of drug-likeness (QED) is 0.358. The van der Waals surface area contributed by atoms with Gasteiger partial charge in [0.25, 0.3) is 0 Å². The Balaban J connectivity index is 0. The predicted octanol–water partition coefficient (Wildman–Crippen LogP) is -2.84. The first-order valence-electron chi connectivity index (χ1n) is 2.40. The van der Waals surface area contributed by atoms with E-state index >= 15 is 0 Å². The molecule has 0 rings (SSSR count). The minimum Gasteiger partial charge on any atom is -0.549 e. The predicted molar refractivity (Wildman–Crippen MR) is 32.6 cm³/mol. The topological polar surface area (TPSA) is 40.1 Å². The Hall–Kier alpha value is 0.950. The molecule has 0 spiro atoms. The second-order valence-corrected chi connectivity index (χ2v) is 2.95. The summed E-state index contributed by atoms with van der Waals surface area (Å²) in [5.41, 5.74) is 0. The third-order valence-electron chi connectivity index (χ3n) is 0.810. The number of aliphatic carboxylic acids is 1. The van der Waals surface area contributed by atoms with Gasteiger partial charge in [-0.05, 0) is 5.92 Å². The van der Waals surface area contributed by atoms with Crippen LogP contribution in [-0.4, -0.2) is 10.8 Å². The molecule has 0 aliphatic carbocycles. The van der Waals surface area contributed by atoms with Gasteiger partial charge in [-0.3, -0.25) is 0 Å². The molecule has 0 heterocycles. The molecule has 0 aliphatic rings. The zero-order valence-corrected chi connectivity index (χ0v) is 9.44. The smallest absolute Gasteiger partial charge is 0.549 e. The second kappa shape index (κ2) is 5.71. The van der Waals surface area contributed by atoms with Crippen molar-refractivity contribution < 1.29 is 39.5 Å². The molecule has 1 atom stereocenters. The van der Waals surface area contributed by atoms with Gasteiger partial charge in [0.15, 0.2) is 0 Å². The van der Waals surface area contributed by atoms with Gasteiger partial charge in [-0.15, -0.1) is 0 Å². The maximum absolute atomic E-state index is 9.98. The van der Waals surface area contributed by atoms with Gasteiger partial charge in [-0.1, -0.05) is 29.8 Å². The zero-order valence-electron chi connectivity index (χ0n) is 5.85. The molecule has 0 aliphatic heterocycles. The van der Waals surface area contributed by atoms with Gasteiger partial charge in [-0.25, -0.2) is 0 Å². The fourth-order valence-electron chi connectivity index (χ4n) is 0.272. The number of rotatable bonds is 2. The molecule has 0 aromatic rings. The first-order valence-corrected chi connectivity index (χ1v) is 3.32. The summed E-state index contributed by atoms with van der Waals surface area (Å²) in [6, 6.07) is 0. The van der Waals surface area contributed by atoms with Gasteiger partial charge >= 0.3 is 29.6 Å². The molecule has 2 nitrogen and oxygen atoms in total. The largest absolute Gasteiger partial charge is 1.00 e. The molecule has 0 bridgehead atoms. The van der Waals surface area contributed by atoms with Gasteiger partial charge in [0.2, 0.25) is 0 Å². The summed E-state index contributed by atoms with van der Waals surface area (Å²) >= 11 is 2.94. The summed E-state index contributed by atoms with van der Waals surface area (Å²) in [4.78, 5) is 9.47. The van der Waals surface area contributed by atoms with Crippen LogP contribution in [0.4, 0.5) is 0 Å². The first-order chi connectivity index (χ1) is 3.55. The Kier molecular flexibility index (Phi) is 8.01. The van der Waals surface area contributed by atoms with Crippen LogP contribution in [0.2, 0.25) is 0 Å². The Morgan fingerprint density at radius 2 is 1.89 bits per heavy atom. The average Bonchev–Trinajstić information content (AvgIpc) is 1.64. The number of carboxylic acid groups (broad SMARTS) is 1. The molecule has 4 heteroatoms. The van der Waals surface area contributed by atoms with Crippen molar-refractivity contribution in [2.75, 3.05) is 0 Å². The minimum absolute atomic E-state index is 0. The van der Waals surface area contributed by atoms with Gasteiger partial charge in [0, 0.05) is 0 Å². The van der Waals surface area contributed by atoms with Crippen molar-refractivity contribution in [3.8, 4) is 0 Å². The number of alkyl halides is 1. The third-order valence-corrected chi connectivity index (χ3v) is 2.24. The van der Waals surface area contributed by atoms with E-state index in [4.69, 9.17) is 0 Å². The molecule has 0 radical (unpaired) electrons. The van der Waals surface area contributed by atoms with E-state index < -0.39 is 10.8 Å². The van der Waals surface area contributed by atoms with Crippen molar-refractivity contribution >= 4 is 21.9 Å². The molecule has 0 fully saturated rings. The van der Waals surface area contributed by atoms with Crippen LogP contribution in [-0.2, 0) is 4.79 Å². The van der Waals surface area contributed by atoms with Crippen molar-refractivity contribution in [1.82, 2.24) is 0 Å². The number of hydrogen-bond acceptors (Lipinski definition) is 2. The van der Waals surface area contributed by atoms with Crippen LogP contribution in [0.3, 0.4) is 0 Å². The van der Waals surface area contributed by atoms with Crippen molar-refractivity contribution in [2.45, 2.75) is 18.7 Å². The maximum Gasteiger partial charge on any atom is 1.00 e. The summed E-state index contributed by atoms with van der Waals surface area (Å²) < 4.78 is 0. The van der Waals surface area contributed by atoms with Crippen molar-refractivity contribution in [1.29, 1.82) is 0 Å². The molecule has 0 saturated carbocycles. The molecule has 0 N–H and O–H groups in total. The Morgan fingerprint density at radius 1 is 1.56 bits per heavy atom. The van der Waals surface area contributed by atoms with Gasteiger partial charge < -0.3 is 9.90 Å². The van der Waals surface area contributed by atoms with E-state index in [9.17, 15) is 9.90 Å². The number of carbonyl (C=O) groups is 1. The van der Waals surface area contributed by atoms with Gasteiger partial charge in [0.1, 0.15) is 0 Å². The van der Waals surface area contributed by atoms with Crippen LogP contribution in [0.1, 0.15) is 13.8 Å². The Labute approximate surface area is 85.4 Å². The van der Waals surface area contributed by atoms with Crippen molar-refractivity contribution in [2.24, 2.45) is 5.92 Å². The number of halogens is 1. The molecule has 0 saturated heterocycles. The second-order valence-electron chi connectivity index (χ2n) is 1.96. The van der Waals surface area contributed by atoms with Crippen LogP contribution >= 0.6 is 15.9 Å². The summed E-state index contributed by atoms with van der Waals surface area (Å²) in [6.45, 7) is 3.63. The molecular formula is C5H8BrNaO2. The van der Waals surface area contributed by atoms with Crippen LogP contribution in [0.25, 0.3) is 0 Å². The molecule has 0 unspecified atom stereocenters. The standard InChI is InChI=1S/C5H9BrO2.Na/c1-3(2)4(6)5(7)8;/h3-4H,1-2H3,(H,7,8);/q;+1/p-1/t4-;/m0./s1. The van der Waals surface area contributed by atoms with Crippen LogP contribution in [0.15, 0.2) is 0 Å². The average molecular weight is 203 g/mol. The van der Waals surface area contributed by atoms with E-state index in [-0.39, 0.29) is 35.5 Å². The van der Waals surface area contributed by atoms with Crippen LogP contribution in [0, 0.1) is 5.92 Å². The summed E-state index contributed by atoms with van der Waals surface area (Å²) in [6.07, 6.45) is 0. The molecular weight excluding hydrogens is 195 g/mol. The van der Waals surface area contributed by atoms with E-state index in [2.05, 4.69) is 15.9 Å². The number of hydrogen-bond donors (Lipinski definition) is 0. The summed E-state index contributed by atoms with van der Waals surface area (Å²) in [5.74, 6) is -0.944. The summed E-state index contributed by atoms with van der Waals surface area (Å²) in [5, 5.41) is 9.98. The van der Waals surface area contributed by atoms with E-state index in [0.29, 0.717) is 0 Å². The molecule has 0 amide bonds. The van der Waals surface area contributed by atoms with Crippen LogP contribution in [0.5, 0.6) is 0 Å². The van der Waals surface area contributed by atoms with Crippen LogP contribution < -0.4 is 34.7 Å². The van der Waals surface area contributed by atoms with Gasteiger partial charge in [-0.2, -0.15) is 0 Å². The van der Waals surface area contributed by atoms with E-state index in [1.54, 1.807) is 0 Å². The van der Waals surface area contributed by atoms with Gasteiger partial charge in [0.05, 0.1) is 10.8 Å². The number of carbonyl (C=O) groups excluding carboxylic acids is 1. The third kappa shape index (κ3) is 5.40. The Morgan fingerprint density at radius 3 is 1.89 bits per heavy atom. The fraction of sp³-hybridized carbons (Fsp3) is 0.800.